The van der Waals surface area contributed by atoms with E-state index in [1.165, 1.54) is 5.56 Å². The number of hydrogen-bond acceptors (Lipinski definition) is 4. The Morgan fingerprint density at radius 3 is 2.00 bits per heavy atom. The number of aryl methyl sites for hydroxylation is 1. The third-order valence-electron chi connectivity index (χ3n) is 5.33. The Bertz CT molecular complexity index is 1150. The van der Waals surface area contributed by atoms with Gasteiger partial charge < -0.3 is 10.6 Å². The summed E-state index contributed by atoms with van der Waals surface area (Å²) in [5, 5.41) is 6.00. The minimum atomic E-state index is -0.480. The van der Waals surface area contributed by atoms with Crippen LogP contribution in [0.4, 0.5) is 11.4 Å². The fourth-order valence-electron chi connectivity index (χ4n) is 3.58. The molecule has 4 rings (SSSR count). The van der Waals surface area contributed by atoms with Crippen LogP contribution in [0.3, 0.4) is 0 Å². The second-order valence-electron chi connectivity index (χ2n) is 7.37. The summed E-state index contributed by atoms with van der Waals surface area (Å²) in [6.45, 7) is 3.86. The lowest BCUT2D eigenvalue weighted by atomic mass is 9.84. The van der Waals surface area contributed by atoms with Crippen LogP contribution >= 0.6 is 0 Å². The molecule has 2 N–H and O–H groups in total. The maximum atomic E-state index is 12.8. The molecule has 0 spiro atoms. The quantitative estimate of drug-likeness (QED) is 0.520. The molecule has 0 fully saturated rings. The van der Waals surface area contributed by atoms with Crippen molar-refractivity contribution in [2.24, 2.45) is 0 Å². The fraction of sp³-hybridized carbons (Fsp3) is 0.160. The molecule has 0 aliphatic heterocycles. The number of benzene rings is 3. The van der Waals surface area contributed by atoms with E-state index < -0.39 is 6.04 Å². The van der Waals surface area contributed by atoms with E-state index in [1.54, 1.807) is 49.4 Å². The Balaban J connectivity index is 1.50. The molecule has 30 heavy (non-hydrogen) atoms. The molecule has 3 aromatic carbocycles. The molecule has 0 unspecified atom stereocenters. The van der Waals surface area contributed by atoms with E-state index >= 15 is 0 Å². The van der Waals surface area contributed by atoms with Gasteiger partial charge in [-0.1, -0.05) is 43.3 Å². The zero-order valence-corrected chi connectivity index (χ0v) is 16.9. The largest absolute Gasteiger partial charge is 0.374 e. The van der Waals surface area contributed by atoms with Crippen LogP contribution in [0.25, 0.3) is 0 Å². The summed E-state index contributed by atoms with van der Waals surface area (Å²) in [7, 11) is 0. The van der Waals surface area contributed by atoms with Crippen LogP contribution in [0.5, 0.6) is 0 Å². The molecule has 1 aliphatic rings. The number of rotatable bonds is 5. The highest BCUT2D eigenvalue weighted by atomic mass is 16.2. The summed E-state index contributed by atoms with van der Waals surface area (Å²) in [6.07, 6.45) is 0.959. The SMILES string of the molecule is CCc1ccc(N[C@@H](C)C(=O)Nc2ccc3c(c2)C(=O)c2ccccc2C3=O)cc1. The Kier molecular flexibility index (Phi) is 5.19. The number of fused-ring (bicyclic) bond motifs is 2. The van der Waals surface area contributed by atoms with Crippen LogP contribution < -0.4 is 10.6 Å². The first-order chi connectivity index (χ1) is 14.5. The van der Waals surface area contributed by atoms with Gasteiger partial charge >= 0.3 is 0 Å². The molecule has 5 nitrogen and oxygen atoms in total. The van der Waals surface area contributed by atoms with Gasteiger partial charge in [-0.3, -0.25) is 14.4 Å². The smallest absolute Gasteiger partial charge is 0.246 e. The van der Waals surface area contributed by atoms with E-state index in [0.717, 1.165) is 12.1 Å². The van der Waals surface area contributed by atoms with Gasteiger partial charge in [-0.05, 0) is 49.2 Å². The molecule has 1 amide bonds. The number of hydrogen-bond donors (Lipinski definition) is 2. The predicted octanol–water partition coefficient (Wildman–Crippen LogP) is 4.46. The highest BCUT2D eigenvalue weighted by Crippen LogP contribution is 2.29. The normalized spacial score (nSPS) is 13.3. The van der Waals surface area contributed by atoms with Gasteiger partial charge in [-0.15, -0.1) is 0 Å². The monoisotopic (exact) mass is 398 g/mol. The maximum absolute atomic E-state index is 12.8. The van der Waals surface area contributed by atoms with E-state index in [-0.39, 0.29) is 17.5 Å². The van der Waals surface area contributed by atoms with Crippen molar-refractivity contribution in [3.63, 3.8) is 0 Å². The lowest BCUT2D eigenvalue weighted by Crippen LogP contribution is -2.32. The number of nitrogens with one attached hydrogen (secondary N) is 2. The first kappa shape index (κ1) is 19.6. The number of amides is 1. The van der Waals surface area contributed by atoms with Gasteiger partial charge in [-0.25, -0.2) is 0 Å². The molecular weight excluding hydrogens is 376 g/mol. The molecule has 0 radical (unpaired) electrons. The van der Waals surface area contributed by atoms with Crippen molar-refractivity contribution >= 4 is 28.8 Å². The van der Waals surface area contributed by atoms with Crippen molar-refractivity contribution in [3.8, 4) is 0 Å². The van der Waals surface area contributed by atoms with Gasteiger partial charge in [0.2, 0.25) is 5.91 Å². The summed E-state index contributed by atoms with van der Waals surface area (Å²) in [6, 6.07) is 19.1. The van der Waals surface area contributed by atoms with Crippen LogP contribution in [0.15, 0.2) is 66.7 Å². The second kappa shape index (κ2) is 7.95. The minimum Gasteiger partial charge on any atom is -0.374 e. The molecule has 1 aliphatic carbocycles. The van der Waals surface area contributed by atoms with Crippen molar-refractivity contribution in [2.75, 3.05) is 10.6 Å². The van der Waals surface area contributed by atoms with Crippen molar-refractivity contribution in [1.29, 1.82) is 0 Å². The summed E-state index contributed by atoms with van der Waals surface area (Å²) < 4.78 is 0. The van der Waals surface area contributed by atoms with Gasteiger partial charge in [0.25, 0.3) is 0 Å². The van der Waals surface area contributed by atoms with E-state index in [0.29, 0.717) is 27.9 Å². The molecule has 0 bridgehead atoms. The molecular formula is C25H22N2O3. The Morgan fingerprint density at radius 1 is 0.800 bits per heavy atom. The summed E-state index contributed by atoms with van der Waals surface area (Å²) in [5.41, 5.74) is 4.05. The molecule has 0 saturated carbocycles. The van der Waals surface area contributed by atoms with E-state index in [4.69, 9.17) is 0 Å². The molecule has 5 heteroatoms. The van der Waals surface area contributed by atoms with Crippen molar-refractivity contribution in [2.45, 2.75) is 26.3 Å². The topological polar surface area (TPSA) is 75.3 Å². The second-order valence-corrected chi connectivity index (χ2v) is 7.37. The molecule has 0 aromatic heterocycles. The highest BCUT2D eigenvalue weighted by molar-refractivity contribution is 6.28. The highest BCUT2D eigenvalue weighted by Gasteiger charge is 2.29. The first-order valence-corrected chi connectivity index (χ1v) is 9.96. The van der Waals surface area contributed by atoms with Crippen LogP contribution in [-0.4, -0.2) is 23.5 Å². The van der Waals surface area contributed by atoms with Gasteiger partial charge in [-0.2, -0.15) is 0 Å². The van der Waals surface area contributed by atoms with Crippen molar-refractivity contribution < 1.29 is 14.4 Å². The van der Waals surface area contributed by atoms with E-state index in [9.17, 15) is 14.4 Å². The van der Waals surface area contributed by atoms with Crippen molar-refractivity contribution in [1.82, 2.24) is 0 Å². The standard InChI is InChI=1S/C25H22N2O3/c1-3-16-8-10-17(11-9-16)26-15(2)25(30)27-18-12-13-21-22(14-18)24(29)20-7-5-4-6-19(20)23(21)28/h4-15,26H,3H2,1-2H3,(H,27,30)/t15-/m0/s1. The van der Waals surface area contributed by atoms with E-state index in [2.05, 4.69) is 17.6 Å². The maximum Gasteiger partial charge on any atom is 0.246 e. The summed E-state index contributed by atoms with van der Waals surface area (Å²) in [5.74, 6) is -0.619. The third-order valence-corrected chi connectivity index (χ3v) is 5.33. The van der Waals surface area contributed by atoms with Gasteiger partial charge in [0.15, 0.2) is 11.6 Å². The Hall–Kier alpha value is -3.73. The Labute approximate surface area is 175 Å². The average Bonchev–Trinajstić information content (AvgIpc) is 2.78. The number of anilines is 2. The summed E-state index contributed by atoms with van der Waals surface area (Å²) >= 11 is 0. The summed E-state index contributed by atoms with van der Waals surface area (Å²) in [4.78, 5) is 38.2. The van der Waals surface area contributed by atoms with Crippen molar-refractivity contribution in [3.05, 3.63) is 94.5 Å². The Morgan fingerprint density at radius 2 is 1.37 bits per heavy atom. The molecule has 0 saturated heterocycles. The number of carbonyl (C=O) groups excluding carboxylic acids is 3. The molecule has 3 aromatic rings. The molecule has 150 valence electrons. The van der Waals surface area contributed by atoms with Gasteiger partial charge in [0, 0.05) is 33.6 Å². The fourth-order valence-corrected chi connectivity index (χ4v) is 3.58. The average molecular weight is 398 g/mol. The third kappa shape index (κ3) is 3.62. The number of carbonyl (C=O) groups is 3. The van der Waals surface area contributed by atoms with Crippen LogP contribution in [-0.2, 0) is 11.2 Å². The zero-order chi connectivity index (χ0) is 21.3. The number of ketones is 2. The first-order valence-electron chi connectivity index (χ1n) is 9.96. The zero-order valence-electron chi connectivity index (χ0n) is 16.9. The van der Waals surface area contributed by atoms with Gasteiger partial charge in [0.05, 0.1) is 0 Å². The lowest BCUT2D eigenvalue weighted by molar-refractivity contribution is -0.116. The van der Waals surface area contributed by atoms with Gasteiger partial charge in [0.1, 0.15) is 6.04 Å². The minimum absolute atomic E-state index is 0.177. The van der Waals surface area contributed by atoms with Crippen LogP contribution in [0.2, 0.25) is 0 Å². The molecule has 1 atom stereocenters. The lowest BCUT2D eigenvalue weighted by Gasteiger charge is -2.19. The van der Waals surface area contributed by atoms with Crippen LogP contribution in [0, 0.1) is 0 Å². The van der Waals surface area contributed by atoms with E-state index in [1.807, 2.05) is 24.3 Å². The molecule has 0 heterocycles. The predicted molar refractivity (Wildman–Crippen MR) is 117 cm³/mol. The van der Waals surface area contributed by atoms with Crippen LogP contribution in [0.1, 0.15) is 51.3 Å².